The molecule has 0 aromatic heterocycles. The van der Waals surface area contributed by atoms with Crippen LogP contribution in [0.3, 0.4) is 0 Å². The number of nitrogens with zero attached hydrogens (tertiary/aromatic N) is 1. The fourth-order valence-electron chi connectivity index (χ4n) is 2.20. The Bertz CT molecular complexity index is 351. The maximum Gasteiger partial charge on any atom is 0.0638 e. The highest BCUT2D eigenvalue weighted by Gasteiger charge is 2.24. The van der Waals surface area contributed by atoms with Crippen LogP contribution in [0, 0.1) is 0 Å². The van der Waals surface area contributed by atoms with E-state index < -0.39 is 0 Å². The predicted molar refractivity (Wildman–Crippen MR) is 81.3 cm³/mol. The van der Waals surface area contributed by atoms with Crippen LogP contribution in [0.4, 0.5) is 0 Å². The van der Waals surface area contributed by atoms with E-state index in [2.05, 4.69) is 56.1 Å². The van der Waals surface area contributed by atoms with Gasteiger partial charge in [-0.05, 0) is 39.3 Å². The van der Waals surface area contributed by atoms with Gasteiger partial charge in [-0.1, -0.05) is 30.3 Å². The summed E-state index contributed by atoms with van der Waals surface area (Å²) >= 11 is 0. The lowest BCUT2D eigenvalue weighted by atomic mass is 9.97. The van der Waals surface area contributed by atoms with Crippen molar-refractivity contribution in [1.82, 2.24) is 4.90 Å². The third kappa shape index (κ3) is 5.72. The van der Waals surface area contributed by atoms with E-state index >= 15 is 0 Å². The largest absolute Gasteiger partial charge is 0.379 e. The Morgan fingerprint density at radius 3 is 2.42 bits per heavy atom. The Morgan fingerprint density at radius 2 is 1.89 bits per heavy atom. The van der Waals surface area contributed by atoms with E-state index in [0.717, 1.165) is 19.4 Å². The van der Waals surface area contributed by atoms with Crippen molar-refractivity contribution in [2.24, 2.45) is 5.73 Å². The van der Waals surface area contributed by atoms with Crippen LogP contribution in [0.25, 0.3) is 0 Å². The second-order valence-electron chi connectivity index (χ2n) is 5.77. The molecule has 2 N–H and O–H groups in total. The van der Waals surface area contributed by atoms with Gasteiger partial charge >= 0.3 is 0 Å². The lowest BCUT2D eigenvalue weighted by Gasteiger charge is -2.33. The zero-order valence-electron chi connectivity index (χ0n) is 12.7. The van der Waals surface area contributed by atoms with Crippen LogP contribution < -0.4 is 5.73 Å². The first kappa shape index (κ1) is 16.2. The number of hydrogen-bond donors (Lipinski definition) is 1. The Balaban J connectivity index is 2.48. The van der Waals surface area contributed by atoms with Crippen molar-refractivity contribution in [2.45, 2.75) is 38.3 Å². The topological polar surface area (TPSA) is 38.5 Å². The van der Waals surface area contributed by atoms with E-state index in [1.54, 1.807) is 7.11 Å². The van der Waals surface area contributed by atoms with Crippen molar-refractivity contribution in [3.8, 4) is 0 Å². The zero-order chi connectivity index (χ0) is 14.3. The van der Waals surface area contributed by atoms with Gasteiger partial charge in [-0.25, -0.2) is 0 Å². The van der Waals surface area contributed by atoms with Gasteiger partial charge < -0.3 is 15.4 Å². The van der Waals surface area contributed by atoms with Gasteiger partial charge in [0.15, 0.2) is 0 Å². The van der Waals surface area contributed by atoms with E-state index in [0.29, 0.717) is 12.6 Å². The van der Waals surface area contributed by atoms with Crippen molar-refractivity contribution < 1.29 is 4.74 Å². The van der Waals surface area contributed by atoms with E-state index in [-0.39, 0.29) is 5.60 Å². The first-order chi connectivity index (χ1) is 8.98. The molecule has 1 unspecified atom stereocenters. The maximum atomic E-state index is 5.91. The molecule has 3 heteroatoms. The molecule has 1 aromatic carbocycles. The average molecular weight is 264 g/mol. The first-order valence-corrected chi connectivity index (χ1v) is 6.98. The monoisotopic (exact) mass is 264 g/mol. The molecule has 0 radical (unpaired) electrons. The third-order valence-electron chi connectivity index (χ3n) is 3.77. The highest BCUT2D eigenvalue weighted by molar-refractivity contribution is 5.14. The van der Waals surface area contributed by atoms with Crippen LogP contribution in [0.5, 0.6) is 0 Å². The predicted octanol–water partition coefficient (Wildman–Crippen LogP) is 2.30. The van der Waals surface area contributed by atoms with Gasteiger partial charge in [-0.15, -0.1) is 0 Å². The van der Waals surface area contributed by atoms with Gasteiger partial charge in [0.1, 0.15) is 0 Å². The van der Waals surface area contributed by atoms with Gasteiger partial charge in [0, 0.05) is 26.2 Å². The molecular weight excluding hydrogens is 236 g/mol. The Kier molecular flexibility index (Phi) is 6.49. The number of ether oxygens (including phenoxy) is 1. The standard InChI is InChI=1S/C16H28N2O/c1-16(2,19-4)12-15(13-17)18(3)11-10-14-8-6-5-7-9-14/h5-9,15H,10-13,17H2,1-4H3. The molecule has 0 saturated heterocycles. The van der Waals surface area contributed by atoms with Gasteiger partial charge in [0.25, 0.3) is 0 Å². The van der Waals surface area contributed by atoms with Gasteiger partial charge in [-0.2, -0.15) is 0 Å². The van der Waals surface area contributed by atoms with Crippen LogP contribution in [0.15, 0.2) is 30.3 Å². The summed E-state index contributed by atoms with van der Waals surface area (Å²) in [6.07, 6.45) is 2.01. The Morgan fingerprint density at radius 1 is 1.26 bits per heavy atom. The summed E-state index contributed by atoms with van der Waals surface area (Å²) in [7, 11) is 3.91. The van der Waals surface area contributed by atoms with Crippen molar-refractivity contribution in [3.05, 3.63) is 35.9 Å². The summed E-state index contributed by atoms with van der Waals surface area (Å²) in [6, 6.07) is 10.9. The number of likely N-dealkylation sites (N-methyl/N-ethyl adjacent to an activating group) is 1. The van der Waals surface area contributed by atoms with E-state index in [1.807, 2.05) is 0 Å². The highest BCUT2D eigenvalue weighted by Crippen LogP contribution is 2.18. The highest BCUT2D eigenvalue weighted by atomic mass is 16.5. The van der Waals surface area contributed by atoms with Crippen molar-refractivity contribution in [1.29, 1.82) is 0 Å². The third-order valence-corrected chi connectivity index (χ3v) is 3.77. The number of hydrogen-bond acceptors (Lipinski definition) is 3. The van der Waals surface area contributed by atoms with Crippen molar-refractivity contribution >= 4 is 0 Å². The second kappa shape index (κ2) is 7.63. The van der Waals surface area contributed by atoms with Crippen LogP contribution in [-0.4, -0.2) is 43.8 Å². The van der Waals surface area contributed by atoms with Gasteiger partial charge in [0.2, 0.25) is 0 Å². The van der Waals surface area contributed by atoms with Crippen LogP contribution in [0.2, 0.25) is 0 Å². The quantitative estimate of drug-likeness (QED) is 0.783. The van der Waals surface area contributed by atoms with Crippen molar-refractivity contribution in [3.63, 3.8) is 0 Å². The lowest BCUT2D eigenvalue weighted by molar-refractivity contribution is -0.00435. The Labute approximate surface area is 117 Å². The number of benzene rings is 1. The van der Waals surface area contributed by atoms with Crippen molar-refractivity contribution in [2.75, 3.05) is 27.2 Å². The summed E-state index contributed by atoms with van der Waals surface area (Å²) in [5, 5.41) is 0. The molecule has 1 atom stereocenters. The van der Waals surface area contributed by atoms with E-state index in [9.17, 15) is 0 Å². The van der Waals surface area contributed by atoms with Crippen LogP contribution in [0.1, 0.15) is 25.8 Å². The molecule has 0 bridgehead atoms. The molecule has 3 nitrogen and oxygen atoms in total. The first-order valence-electron chi connectivity index (χ1n) is 6.98. The fraction of sp³-hybridized carbons (Fsp3) is 0.625. The molecule has 0 aliphatic heterocycles. The normalized spacial score (nSPS) is 13.8. The molecule has 1 aromatic rings. The molecule has 0 saturated carbocycles. The number of methoxy groups -OCH3 is 1. The second-order valence-corrected chi connectivity index (χ2v) is 5.77. The molecule has 108 valence electrons. The maximum absolute atomic E-state index is 5.91. The Hall–Kier alpha value is -0.900. The molecule has 0 aliphatic carbocycles. The van der Waals surface area contributed by atoms with Gasteiger partial charge in [0.05, 0.1) is 5.60 Å². The smallest absolute Gasteiger partial charge is 0.0638 e. The number of rotatable bonds is 8. The van der Waals surface area contributed by atoms with E-state index in [4.69, 9.17) is 10.5 Å². The molecule has 0 aliphatic rings. The minimum absolute atomic E-state index is 0.120. The summed E-state index contributed by atoms with van der Waals surface area (Å²) in [5.41, 5.74) is 7.16. The fourth-order valence-corrected chi connectivity index (χ4v) is 2.20. The van der Waals surface area contributed by atoms with Crippen LogP contribution in [-0.2, 0) is 11.2 Å². The lowest BCUT2D eigenvalue weighted by Crippen LogP contribution is -2.44. The number of nitrogens with two attached hydrogens (primary N) is 1. The summed E-state index contributed by atoms with van der Waals surface area (Å²) in [6.45, 7) is 5.91. The molecule has 0 amide bonds. The molecular formula is C16H28N2O. The van der Waals surface area contributed by atoms with Gasteiger partial charge in [-0.3, -0.25) is 0 Å². The summed E-state index contributed by atoms with van der Waals surface area (Å²) < 4.78 is 5.50. The van der Waals surface area contributed by atoms with E-state index in [1.165, 1.54) is 5.56 Å². The molecule has 19 heavy (non-hydrogen) atoms. The minimum Gasteiger partial charge on any atom is -0.379 e. The molecule has 1 rings (SSSR count). The minimum atomic E-state index is -0.120. The molecule has 0 heterocycles. The molecule has 0 spiro atoms. The SMILES string of the molecule is COC(C)(C)CC(CN)N(C)CCc1ccccc1. The zero-order valence-corrected chi connectivity index (χ0v) is 12.7. The average Bonchev–Trinajstić information content (AvgIpc) is 2.43. The molecule has 0 fully saturated rings. The summed E-state index contributed by atoms with van der Waals surface area (Å²) in [4.78, 5) is 2.34. The van der Waals surface area contributed by atoms with Crippen LogP contribution >= 0.6 is 0 Å². The summed E-state index contributed by atoms with van der Waals surface area (Å²) in [5.74, 6) is 0.